The van der Waals surface area contributed by atoms with E-state index in [9.17, 15) is 10.2 Å². The Kier molecular flexibility index (Phi) is 13.2. The van der Waals surface area contributed by atoms with Crippen LogP contribution in [0.1, 0.15) is 50.7 Å². The highest BCUT2D eigenvalue weighted by Crippen LogP contribution is 2.28. The average Bonchev–Trinajstić information content (AvgIpc) is 2.80. The van der Waals surface area contributed by atoms with Crippen molar-refractivity contribution in [2.75, 3.05) is 44.7 Å². The van der Waals surface area contributed by atoms with E-state index in [-0.39, 0.29) is 24.8 Å². The first-order chi connectivity index (χ1) is 15.0. The second kappa shape index (κ2) is 14.7. The molecule has 1 aliphatic heterocycles. The second-order valence-corrected chi connectivity index (χ2v) is 8.82. The van der Waals surface area contributed by atoms with E-state index in [4.69, 9.17) is 4.74 Å². The zero-order chi connectivity index (χ0) is 22.1. The lowest BCUT2D eigenvalue weighted by atomic mass is 9.87. The Morgan fingerprint density at radius 1 is 1.03 bits per heavy atom. The molecule has 0 aliphatic carbocycles. The summed E-state index contributed by atoms with van der Waals surface area (Å²) in [5.41, 5.74) is 1.45. The number of halogens is 2. The molecule has 0 spiro atoms. The molecule has 5 nitrogen and oxygen atoms in total. The van der Waals surface area contributed by atoms with Gasteiger partial charge < -0.3 is 24.7 Å². The fourth-order valence-corrected chi connectivity index (χ4v) is 4.06. The highest BCUT2D eigenvalue weighted by molar-refractivity contribution is 5.85. The molecule has 1 aliphatic rings. The summed E-state index contributed by atoms with van der Waals surface area (Å²) in [6.45, 7) is 5.97. The molecule has 0 saturated carbocycles. The lowest BCUT2D eigenvalue weighted by Gasteiger charge is -2.39. The Morgan fingerprint density at radius 3 is 2.27 bits per heavy atom. The number of unbranched alkanes of at least 4 members (excludes halogenated alkanes) is 1. The number of likely N-dealkylation sites (tertiary alicyclic amines) is 1. The summed E-state index contributed by atoms with van der Waals surface area (Å²) in [5, 5.41) is 21.5. The first-order valence-electron chi connectivity index (χ1n) is 11.6. The minimum atomic E-state index is -0.633. The molecule has 2 aromatic carbocycles. The second-order valence-electron chi connectivity index (χ2n) is 8.82. The van der Waals surface area contributed by atoms with Gasteiger partial charge in [-0.3, -0.25) is 0 Å². The normalized spacial score (nSPS) is 16.2. The zero-order valence-corrected chi connectivity index (χ0v) is 21.5. The number of ether oxygens (including phenoxy) is 1. The number of aliphatic hydroxyl groups is 2. The van der Waals surface area contributed by atoms with Crippen LogP contribution in [0.15, 0.2) is 54.6 Å². The third-order valence-corrected chi connectivity index (χ3v) is 6.36. The molecular formula is C26H40Cl2N2O3. The maximum absolute atomic E-state index is 11.1. The van der Waals surface area contributed by atoms with Gasteiger partial charge in [0.25, 0.3) is 0 Å². The highest BCUT2D eigenvalue weighted by Gasteiger charge is 2.32. The van der Waals surface area contributed by atoms with Crippen LogP contribution in [0.2, 0.25) is 0 Å². The summed E-state index contributed by atoms with van der Waals surface area (Å²) in [6.07, 6.45) is 3.96. The smallest absolute Gasteiger partial charge is 0.119 e. The average molecular weight is 500 g/mol. The van der Waals surface area contributed by atoms with Crippen LogP contribution in [-0.4, -0.2) is 60.5 Å². The van der Waals surface area contributed by atoms with Crippen molar-refractivity contribution in [2.45, 2.75) is 50.7 Å². The van der Waals surface area contributed by atoms with E-state index in [2.05, 4.69) is 35.9 Å². The van der Waals surface area contributed by atoms with Crippen molar-refractivity contribution in [3.05, 3.63) is 60.2 Å². The van der Waals surface area contributed by atoms with Crippen LogP contribution >= 0.6 is 24.8 Å². The number of β-amino-alcohol motifs (C(OH)–C–C–N with tert-alkyl or cyclic N) is 1. The molecule has 3 rings (SSSR count). The molecule has 1 unspecified atom stereocenters. The predicted molar refractivity (Wildman–Crippen MR) is 141 cm³/mol. The Labute approximate surface area is 211 Å². The van der Waals surface area contributed by atoms with Gasteiger partial charge in [0, 0.05) is 38.9 Å². The number of rotatable bonds is 11. The monoisotopic (exact) mass is 498 g/mol. The molecule has 1 fully saturated rings. The van der Waals surface area contributed by atoms with E-state index in [1.54, 1.807) is 0 Å². The Morgan fingerprint density at radius 2 is 1.67 bits per heavy atom. The maximum Gasteiger partial charge on any atom is 0.119 e. The molecule has 1 atom stereocenters. The van der Waals surface area contributed by atoms with Gasteiger partial charge in [-0.25, -0.2) is 0 Å². The number of benzene rings is 2. The van der Waals surface area contributed by atoms with Crippen LogP contribution in [0.3, 0.4) is 0 Å². The highest BCUT2D eigenvalue weighted by atomic mass is 35.5. The van der Waals surface area contributed by atoms with Crippen molar-refractivity contribution in [3.63, 3.8) is 0 Å². The minimum absolute atomic E-state index is 0. The number of hydrogen-bond acceptors (Lipinski definition) is 5. The van der Waals surface area contributed by atoms with Crippen molar-refractivity contribution in [2.24, 2.45) is 0 Å². The molecular weight excluding hydrogens is 459 g/mol. The van der Waals surface area contributed by atoms with E-state index in [1.807, 2.05) is 42.5 Å². The van der Waals surface area contributed by atoms with Gasteiger partial charge in [-0.15, -0.1) is 24.8 Å². The van der Waals surface area contributed by atoms with E-state index >= 15 is 0 Å². The molecule has 0 bridgehead atoms. The van der Waals surface area contributed by atoms with Crippen molar-refractivity contribution < 1.29 is 14.9 Å². The third kappa shape index (κ3) is 9.34. The van der Waals surface area contributed by atoms with Crippen LogP contribution in [-0.2, 0) is 0 Å². The van der Waals surface area contributed by atoms with Crippen LogP contribution in [0.25, 0.3) is 0 Å². The Hall–Kier alpha value is -1.50. The lowest BCUT2D eigenvalue weighted by molar-refractivity contribution is -0.0340. The van der Waals surface area contributed by atoms with Gasteiger partial charge in [0.05, 0.1) is 18.3 Å². The largest absolute Gasteiger partial charge is 0.494 e. The first-order valence-corrected chi connectivity index (χ1v) is 11.6. The first kappa shape index (κ1) is 29.5. The van der Waals surface area contributed by atoms with Gasteiger partial charge in [-0.05, 0) is 55.5 Å². The molecule has 2 N–H and O–H groups in total. The van der Waals surface area contributed by atoms with Gasteiger partial charge in [-0.2, -0.15) is 0 Å². The number of hydrogen-bond donors (Lipinski definition) is 2. The van der Waals surface area contributed by atoms with Gasteiger partial charge in [-0.1, -0.05) is 43.7 Å². The molecule has 0 amide bonds. The summed E-state index contributed by atoms with van der Waals surface area (Å²) in [4.78, 5) is 4.45. The van der Waals surface area contributed by atoms with Crippen molar-refractivity contribution in [1.82, 2.24) is 4.90 Å². The van der Waals surface area contributed by atoms with Crippen molar-refractivity contribution in [3.8, 4) is 5.75 Å². The molecule has 0 aromatic heterocycles. The van der Waals surface area contributed by atoms with E-state index in [0.717, 1.165) is 75.3 Å². The quantitative estimate of drug-likeness (QED) is 0.422. The summed E-state index contributed by atoms with van der Waals surface area (Å²) in [7, 11) is 2.07. The van der Waals surface area contributed by atoms with Crippen molar-refractivity contribution in [1.29, 1.82) is 0 Å². The number of piperidine rings is 1. The van der Waals surface area contributed by atoms with E-state index in [0.29, 0.717) is 6.54 Å². The van der Waals surface area contributed by atoms with Crippen LogP contribution in [0, 0.1) is 0 Å². The molecule has 1 saturated heterocycles. The summed E-state index contributed by atoms with van der Waals surface area (Å²) in [6, 6.07) is 18.0. The van der Waals surface area contributed by atoms with E-state index in [1.165, 1.54) is 0 Å². The van der Waals surface area contributed by atoms with Gasteiger partial charge in [0.2, 0.25) is 0 Å². The van der Waals surface area contributed by atoms with Crippen LogP contribution < -0.4 is 9.64 Å². The van der Waals surface area contributed by atoms with Gasteiger partial charge in [0.15, 0.2) is 0 Å². The molecule has 33 heavy (non-hydrogen) atoms. The van der Waals surface area contributed by atoms with Crippen LogP contribution in [0.4, 0.5) is 5.69 Å². The fraction of sp³-hybridized carbons (Fsp3) is 0.538. The Bertz CT molecular complexity index is 769. The molecule has 0 radical (unpaired) electrons. The number of nitrogens with zero attached hydrogens (tertiary/aromatic N) is 2. The third-order valence-electron chi connectivity index (χ3n) is 6.36. The van der Waals surface area contributed by atoms with Crippen LogP contribution in [0.5, 0.6) is 5.75 Å². The number of anilines is 1. The summed E-state index contributed by atoms with van der Waals surface area (Å²) in [5.74, 6) is 0.911. The standard InChI is InChI=1S/C26H38N2O3.2ClH/c1-3-4-20-31-24-12-10-23(11-13-24)27(2)17-14-26(30)15-18-28(19-16-26)21-25(29)22-8-6-5-7-9-22;;/h5-13,25,29-30H,3-4,14-21H2,1-2H3;2*1H. The summed E-state index contributed by atoms with van der Waals surface area (Å²) < 4.78 is 5.74. The van der Waals surface area contributed by atoms with E-state index < -0.39 is 11.7 Å². The summed E-state index contributed by atoms with van der Waals surface area (Å²) >= 11 is 0. The minimum Gasteiger partial charge on any atom is -0.494 e. The SMILES string of the molecule is CCCCOc1ccc(N(C)CCC2(O)CCN(CC(O)c3ccccc3)CC2)cc1.Cl.Cl. The lowest BCUT2D eigenvalue weighted by Crippen LogP contribution is -2.46. The van der Waals surface area contributed by atoms with Gasteiger partial charge >= 0.3 is 0 Å². The fourth-order valence-electron chi connectivity index (χ4n) is 4.06. The molecule has 186 valence electrons. The Balaban J connectivity index is 0.00000272. The predicted octanol–water partition coefficient (Wildman–Crippen LogP) is 5.10. The molecule has 7 heteroatoms. The van der Waals surface area contributed by atoms with Crippen molar-refractivity contribution >= 4 is 30.5 Å². The van der Waals surface area contributed by atoms with Gasteiger partial charge in [0.1, 0.15) is 5.75 Å². The molecule has 1 heterocycles. The number of aliphatic hydroxyl groups excluding tert-OH is 1. The zero-order valence-electron chi connectivity index (χ0n) is 19.9. The molecule has 2 aromatic rings. The maximum atomic E-state index is 11.1. The topological polar surface area (TPSA) is 56.2 Å².